The zero-order valence-corrected chi connectivity index (χ0v) is 27.5. The molecule has 4 aromatic heterocycles. The van der Waals surface area contributed by atoms with Gasteiger partial charge in [-0.3, -0.25) is 4.98 Å². The second-order valence-electron chi connectivity index (χ2n) is 13.2. The fraction of sp³-hybridized carbons (Fsp3) is 0. The molecule has 0 N–H and O–H groups in total. The van der Waals surface area contributed by atoms with Crippen LogP contribution in [0.4, 0.5) is 0 Å². The molecular weight excluding hydrogens is 623 g/mol. The maximum absolute atomic E-state index is 6.15. The van der Waals surface area contributed by atoms with Gasteiger partial charge in [-0.25, -0.2) is 0 Å². The van der Waals surface area contributed by atoms with E-state index in [0.717, 1.165) is 44.5 Å². The Morgan fingerprint density at radius 1 is 0.373 bits per heavy atom. The number of furan rings is 1. The molecule has 0 bridgehead atoms. The minimum atomic E-state index is 0.797. The molecule has 0 aliphatic carbocycles. The van der Waals surface area contributed by atoms with Crippen LogP contribution in [0, 0.1) is 0 Å². The molecular formula is C47H29N3O. The van der Waals surface area contributed by atoms with Crippen molar-refractivity contribution in [1.82, 2.24) is 14.1 Å². The zero-order chi connectivity index (χ0) is 33.5. The largest absolute Gasteiger partial charge is 0.454 e. The van der Waals surface area contributed by atoms with Gasteiger partial charge in [-0.15, -0.1) is 0 Å². The number of aromatic nitrogens is 3. The van der Waals surface area contributed by atoms with E-state index in [2.05, 4.69) is 172 Å². The first-order valence-corrected chi connectivity index (χ1v) is 17.3. The van der Waals surface area contributed by atoms with Crippen LogP contribution >= 0.6 is 0 Å². The molecule has 0 aliphatic heterocycles. The highest BCUT2D eigenvalue weighted by molar-refractivity contribution is 6.14. The van der Waals surface area contributed by atoms with Gasteiger partial charge in [0, 0.05) is 44.5 Å². The Kier molecular flexibility index (Phi) is 5.92. The molecule has 4 heteroatoms. The molecule has 0 unspecified atom stereocenters. The zero-order valence-electron chi connectivity index (χ0n) is 27.5. The van der Waals surface area contributed by atoms with Crippen molar-refractivity contribution >= 4 is 65.7 Å². The van der Waals surface area contributed by atoms with Crippen LogP contribution in [-0.2, 0) is 0 Å². The number of rotatable bonds is 4. The summed E-state index contributed by atoms with van der Waals surface area (Å²) in [7, 11) is 0. The maximum Gasteiger partial charge on any atom is 0.153 e. The van der Waals surface area contributed by atoms with Gasteiger partial charge in [0.2, 0.25) is 0 Å². The first kappa shape index (κ1) is 28.0. The quantitative estimate of drug-likeness (QED) is 0.190. The molecule has 11 aromatic rings. The highest BCUT2D eigenvalue weighted by atomic mass is 16.3. The molecule has 0 amide bonds. The van der Waals surface area contributed by atoms with Gasteiger partial charge < -0.3 is 13.6 Å². The number of para-hydroxylation sites is 3. The SMILES string of the molecule is c1ccc(-c2cc3c(cc2-c2ccc4c5ccccc5n(-c5ccccc5)c4c2)c2ccccc2n3-c2ccc3oc4cccnc4c3c2)cc1. The van der Waals surface area contributed by atoms with E-state index in [1.807, 2.05) is 18.3 Å². The monoisotopic (exact) mass is 651 g/mol. The molecule has 0 aliphatic rings. The van der Waals surface area contributed by atoms with Crippen LogP contribution in [0.25, 0.3) is 99.3 Å². The number of benzene rings is 7. The molecule has 7 aromatic carbocycles. The van der Waals surface area contributed by atoms with Crippen molar-refractivity contribution < 1.29 is 4.42 Å². The highest BCUT2D eigenvalue weighted by Crippen LogP contribution is 2.43. The van der Waals surface area contributed by atoms with Crippen molar-refractivity contribution in [2.24, 2.45) is 0 Å². The highest BCUT2D eigenvalue weighted by Gasteiger charge is 2.20. The van der Waals surface area contributed by atoms with Crippen LogP contribution in [-0.4, -0.2) is 14.1 Å². The van der Waals surface area contributed by atoms with Gasteiger partial charge >= 0.3 is 0 Å². The Balaban J connectivity index is 1.21. The van der Waals surface area contributed by atoms with E-state index in [1.165, 1.54) is 54.8 Å². The molecule has 0 saturated heterocycles. The average Bonchev–Trinajstić information content (AvgIpc) is 3.85. The summed E-state index contributed by atoms with van der Waals surface area (Å²) in [5.41, 5.74) is 14.2. The fourth-order valence-corrected chi connectivity index (χ4v) is 8.11. The topological polar surface area (TPSA) is 35.9 Å². The Hall–Kier alpha value is -6.91. The second kappa shape index (κ2) is 10.8. The number of fused-ring (bicyclic) bond motifs is 9. The summed E-state index contributed by atoms with van der Waals surface area (Å²) < 4.78 is 10.9. The fourth-order valence-electron chi connectivity index (χ4n) is 8.11. The van der Waals surface area contributed by atoms with Crippen LogP contribution in [0.2, 0.25) is 0 Å². The lowest BCUT2D eigenvalue weighted by atomic mass is 9.92. The smallest absolute Gasteiger partial charge is 0.153 e. The summed E-state index contributed by atoms with van der Waals surface area (Å²) in [6, 6.07) is 61.0. The van der Waals surface area contributed by atoms with Crippen LogP contribution in [0.1, 0.15) is 0 Å². The standard InChI is InChI=1S/C47H29N3O/c1-3-12-30(13-4-1)38-29-44-39(35-17-8-10-19-42(35)50(44)33-22-24-45-40(27-33)47-46(51-45)20-11-25-48-47)28-37(38)31-21-23-36-34-16-7-9-18-41(34)49(43(36)26-31)32-14-5-2-6-15-32/h1-29H. The number of pyridine rings is 1. The van der Waals surface area contributed by atoms with Gasteiger partial charge in [-0.1, -0.05) is 97.1 Å². The number of hydrogen-bond donors (Lipinski definition) is 0. The molecule has 51 heavy (non-hydrogen) atoms. The van der Waals surface area contributed by atoms with Crippen molar-refractivity contribution in [2.75, 3.05) is 0 Å². The normalized spacial score (nSPS) is 11.9. The van der Waals surface area contributed by atoms with Crippen LogP contribution in [0.15, 0.2) is 180 Å². The Morgan fingerprint density at radius 3 is 1.82 bits per heavy atom. The van der Waals surface area contributed by atoms with Crippen molar-refractivity contribution in [3.05, 3.63) is 176 Å². The minimum absolute atomic E-state index is 0.797. The Labute approximate surface area is 293 Å². The average molecular weight is 652 g/mol. The van der Waals surface area contributed by atoms with Gasteiger partial charge in [-0.05, 0) is 95.1 Å². The summed E-state index contributed by atoms with van der Waals surface area (Å²) in [5.74, 6) is 0. The third-order valence-electron chi connectivity index (χ3n) is 10.4. The summed E-state index contributed by atoms with van der Waals surface area (Å²) >= 11 is 0. The maximum atomic E-state index is 6.15. The summed E-state index contributed by atoms with van der Waals surface area (Å²) in [5, 5.41) is 5.93. The van der Waals surface area contributed by atoms with E-state index in [0.29, 0.717) is 0 Å². The lowest BCUT2D eigenvalue weighted by molar-refractivity contribution is 0.668. The molecule has 0 atom stereocenters. The van der Waals surface area contributed by atoms with E-state index in [9.17, 15) is 0 Å². The lowest BCUT2D eigenvalue weighted by Crippen LogP contribution is -1.95. The van der Waals surface area contributed by atoms with Crippen molar-refractivity contribution in [3.63, 3.8) is 0 Å². The van der Waals surface area contributed by atoms with Crippen LogP contribution < -0.4 is 0 Å². The van der Waals surface area contributed by atoms with E-state index < -0.39 is 0 Å². The third-order valence-corrected chi connectivity index (χ3v) is 10.4. The second-order valence-corrected chi connectivity index (χ2v) is 13.2. The predicted octanol–water partition coefficient (Wildman–Crippen LogP) is 12.5. The van der Waals surface area contributed by atoms with Crippen molar-refractivity contribution in [3.8, 4) is 33.6 Å². The van der Waals surface area contributed by atoms with E-state index >= 15 is 0 Å². The molecule has 0 saturated carbocycles. The molecule has 4 heterocycles. The summed E-state index contributed by atoms with van der Waals surface area (Å²) in [6.07, 6.45) is 1.83. The van der Waals surface area contributed by atoms with Crippen molar-refractivity contribution in [2.45, 2.75) is 0 Å². The first-order chi connectivity index (χ1) is 25.3. The summed E-state index contributed by atoms with van der Waals surface area (Å²) in [6.45, 7) is 0. The van der Waals surface area contributed by atoms with E-state index in [-0.39, 0.29) is 0 Å². The minimum Gasteiger partial charge on any atom is -0.454 e. The van der Waals surface area contributed by atoms with E-state index in [1.54, 1.807) is 0 Å². The first-order valence-electron chi connectivity index (χ1n) is 17.3. The van der Waals surface area contributed by atoms with Crippen LogP contribution in [0.5, 0.6) is 0 Å². The van der Waals surface area contributed by atoms with Gasteiger partial charge in [0.15, 0.2) is 5.58 Å². The molecule has 0 fully saturated rings. The van der Waals surface area contributed by atoms with Gasteiger partial charge in [0.05, 0.1) is 22.1 Å². The van der Waals surface area contributed by atoms with Crippen LogP contribution in [0.3, 0.4) is 0 Å². The number of nitrogens with zero attached hydrogens (tertiary/aromatic N) is 3. The predicted molar refractivity (Wildman–Crippen MR) is 211 cm³/mol. The van der Waals surface area contributed by atoms with Gasteiger partial charge in [0.25, 0.3) is 0 Å². The molecule has 0 radical (unpaired) electrons. The molecule has 4 nitrogen and oxygen atoms in total. The lowest BCUT2D eigenvalue weighted by Gasteiger charge is -2.14. The summed E-state index contributed by atoms with van der Waals surface area (Å²) in [4.78, 5) is 4.67. The molecule has 0 spiro atoms. The Bertz CT molecular complexity index is 3130. The van der Waals surface area contributed by atoms with Gasteiger partial charge in [0.1, 0.15) is 11.1 Å². The molecule has 238 valence electrons. The van der Waals surface area contributed by atoms with Gasteiger partial charge in [-0.2, -0.15) is 0 Å². The Morgan fingerprint density at radius 2 is 1.02 bits per heavy atom. The van der Waals surface area contributed by atoms with E-state index in [4.69, 9.17) is 4.42 Å². The third kappa shape index (κ3) is 4.17. The molecule has 11 rings (SSSR count). The van der Waals surface area contributed by atoms with Crippen molar-refractivity contribution in [1.29, 1.82) is 0 Å². The number of hydrogen-bond acceptors (Lipinski definition) is 2.